The van der Waals surface area contributed by atoms with E-state index in [1.807, 2.05) is 27.7 Å². The summed E-state index contributed by atoms with van der Waals surface area (Å²) < 4.78 is 0. The van der Waals surface area contributed by atoms with Gasteiger partial charge in [0.15, 0.2) is 0 Å². The van der Waals surface area contributed by atoms with Crippen molar-refractivity contribution in [2.24, 2.45) is 0 Å². The molecular formula is C9H20. The van der Waals surface area contributed by atoms with Gasteiger partial charge in [0.1, 0.15) is 0 Å². The molecule has 0 amide bonds. The maximum absolute atomic E-state index is 3.56. The third-order valence-electron chi connectivity index (χ3n) is 0. The van der Waals surface area contributed by atoms with Crippen molar-refractivity contribution in [2.75, 3.05) is 0 Å². The van der Waals surface area contributed by atoms with Gasteiger partial charge in [0.25, 0.3) is 0 Å². The predicted octanol–water partition coefficient (Wildman–Crippen LogP) is 3.80. The van der Waals surface area contributed by atoms with Crippen LogP contribution < -0.4 is 0 Å². The van der Waals surface area contributed by atoms with Gasteiger partial charge in [-0.3, -0.25) is 0 Å². The first-order valence-electron chi connectivity index (χ1n) is 2.71. The summed E-state index contributed by atoms with van der Waals surface area (Å²) in [6, 6.07) is 0. The monoisotopic (exact) mass is 128 g/mol. The third-order valence-corrected chi connectivity index (χ3v) is 0. The highest BCUT2D eigenvalue weighted by Gasteiger charge is 1.52. The zero-order chi connectivity index (χ0) is 7.15. The van der Waals surface area contributed by atoms with E-state index in [0.717, 1.165) is 0 Å². The molecule has 0 saturated carbocycles. The van der Waals surface area contributed by atoms with Crippen LogP contribution in [0.2, 0.25) is 0 Å². The van der Waals surface area contributed by atoms with E-state index in [-0.39, 0.29) is 7.43 Å². The molecule has 0 nitrogen and oxygen atoms in total. The molecule has 0 N–H and O–H groups in total. The Bertz CT molecular complexity index is 58.0. The minimum Gasteiger partial charge on any atom is -0.100 e. The molecule has 0 aromatic carbocycles. The largest absolute Gasteiger partial charge is 0.100 e. The van der Waals surface area contributed by atoms with E-state index in [2.05, 4.69) is 13.2 Å². The summed E-state index contributed by atoms with van der Waals surface area (Å²) in [7, 11) is 0. The van der Waals surface area contributed by atoms with Crippen molar-refractivity contribution in [3.63, 3.8) is 0 Å². The van der Waals surface area contributed by atoms with Crippen LogP contribution in [0.4, 0.5) is 0 Å². The molecule has 9 heavy (non-hydrogen) atoms. The normalized spacial score (nSPS) is 5.78. The second kappa shape index (κ2) is 10.5. The lowest BCUT2D eigenvalue weighted by Gasteiger charge is -1.65. The molecular weight excluding hydrogens is 108 g/mol. The highest BCUT2D eigenvalue weighted by atomic mass is 13.6. The molecule has 0 aromatic rings. The molecule has 0 saturated heterocycles. The highest BCUT2D eigenvalue weighted by molar-refractivity contribution is 4.79. The maximum atomic E-state index is 3.56. The van der Waals surface area contributed by atoms with E-state index >= 15 is 0 Å². The van der Waals surface area contributed by atoms with Gasteiger partial charge in [-0.15, -0.1) is 13.2 Å². The molecule has 0 rings (SSSR count). The fourth-order valence-electron chi connectivity index (χ4n) is 0. The van der Waals surface area contributed by atoms with Gasteiger partial charge in [-0.25, -0.2) is 0 Å². The zero-order valence-electron chi connectivity index (χ0n) is 6.41. The van der Waals surface area contributed by atoms with E-state index < -0.39 is 0 Å². The van der Waals surface area contributed by atoms with Crippen LogP contribution in [-0.4, -0.2) is 0 Å². The molecule has 0 bridgehead atoms. The van der Waals surface area contributed by atoms with Gasteiger partial charge in [0.05, 0.1) is 0 Å². The average Bonchev–Trinajstić information content (AvgIpc) is 1.25. The summed E-state index contributed by atoms with van der Waals surface area (Å²) >= 11 is 0. The van der Waals surface area contributed by atoms with E-state index in [4.69, 9.17) is 0 Å². The van der Waals surface area contributed by atoms with Crippen molar-refractivity contribution < 1.29 is 0 Å². The van der Waals surface area contributed by atoms with Crippen molar-refractivity contribution in [3.05, 3.63) is 24.3 Å². The summed E-state index contributed by atoms with van der Waals surface area (Å²) in [6.45, 7) is 15.0. The van der Waals surface area contributed by atoms with Crippen molar-refractivity contribution in [2.45, 2.75) is 35.1 Å². The predicted molar refractivity (Wildman–Crippen MR) is 47.7 cm³/mol. The molecule has 0 heteroatoms. The van der Waals surface area contributed by atoms with Crippen LogP contribution in [0.5, 0.6) is 0 Å². The van der Waals surface area contributed by atoms with Gasteiger partial charge in [0, 0.05) is 0 Å². The number of hydrogen-bond acceptors (Lipinski definition) is 0. The molecule has 0 radical (unpaired) electrons. The Kier molecular flexibility index (Phi) is 18.4. The molecule has 0 unspecified atom stereocenters. The van der Waals surface area contributed by atoms with Crippen molar-refractivity contribution in [1.29, 1.82) is 0 Å². The highest BCUT2D eigenvalue weighted by Crippen LogP contribution is 1.74. The fraction of sp³-hybridized carbons (Fsp3) is 0.556. The summed E-state index contributed by atoms with van der Waals surface area (Å²) in [6.07, 6.45) is 0. The summed E-state index contributed by atoms with van der Waals surface area (Å²) in [5.41, 5.74) is 2.33. The molecule has 0 aliphatic rings. The van der Waals surface area contributed by atoms with Gasteiger partial charge < -0.3 is 0 Å². The molecule has 0 heterocycles. The fourth-order valence-corrected chi connectivity index (χ4v) is 0. The second-order valence-electron chi connectivity index (χ2n) is 2.41. The Morgan fingerprint density at radius 2 is 0.778 bits per heavy atom. The van der Waals surface area contributed by atoms with Crippen molar-refractivity contribution in [3.8, 4) is 0 Å². The first-order chi connectivity index (χ1) is 3.46. The third kappa shape index (κ3) is 831. The Morgan fingerprint density at radius 3 is 0.778 bits per heavy atom. The molecule has 56 valence electrons. The maximum Gasteiger partial charge on any atom is -0.0445 e. The first-order valence-corrected chi connectivity index (χ1v) is 2.71. The van der Waals surface area contributed by atoms with Crippen molar-refractivity contribution in [1.82, 2.24) is 0 Å². The quantitative estimate of drug-likeness (QED) is 0.435. The average molecular weight is 128 g/mol. The molecule has 0 aliphatic carbocycles. The second-order valence-corrected chi connectivity index (χ2v) is 2.41. The molecule has 0 aromatic heterocycles. The number of allylic oxidation sites excluding steroid dienone is 2. The van der Waals surface area contributed by atoms with Gasteiger partial charge in [-0.2, -0.15) is 0 Å². The van der Waals surface area contributed by atoms with E-state index in [9.17, 15) is 0 Å². The van der Waals surface area contributed by atoms with Crippen LogP contribution in [0.3, 0.4) is 0 Å². The molecule has 0 atom stereocenters. The molecule has 0 spiro atoms. The zero-order valence-corrected chi connectivity index (χ0v) is 6.41. The Hall–Kier alpha value is -0.520. The standard InChI is InChI=1S/2C4H8.CH4/c2*1-4(2)3;/h2*1H2,2-3H3;1H4. The number of hydrogen-bond donors (Lipinski definition) is 0. The van der Waals surface area contributed by atoms with Crippen LogP contribution in [-0.2, 0) is 0 Å². The Balaban J connectivity index is -0.0000000720. The van der Waals surface area contributed by atoms with E-state index in [0.29, 0.717) is 0 Å². The van der Waals surface area contributed by atoms with Gasteiger partial charge in [0.2, 0.25) is 0 Å². The number of rotatable bonds is 0. The Morgan fingerprint density at radius 1 is 0.778 bits per heavy atom. The van der Waals surface area contributed by atoms with E-state index in [1.165, 1.54) is 11.1 Å². The topological polar surface area (TPSA) is 0 Å². The minimum atomic E-state index is 0. The smallest absolute Gasteiger partial charge is 0.0445 e. The molecule has 0 aliphatic heterocycles. The van der Waals surface area contributed by atoms with Crippen LogP contribution in [0.15, 0.2) is 24.3 Å². The summed E-state index contributed by atoms with van der Waals surface area (Å²) in [4.78, 5) is 0. The summed E-state index contributed by atoms with van der Waals surface area (Å²) in [5, 5.41) is 0. The van der Waals surface area contributed by atoms with Crippen LogP contribution in [0.1, 0.15) is 35.1 Å². The van der Waals surface area contributed by atoms with Crippen molar-refractivity contribution >= 4 is 0 Å². The van der Waals surface area contributed by atoms with Gasteiger partial charge in [-0.1, -0.05) is 18.6 Å². The van der Waals surface area contributed by atoms with Crippen LogP contribution >= 0.6 is 0 Å². The SMILES string of the molecule is C.C=C(C)C.C=C(C)C. The van der Waals surface area contributed by atoms with Crippen LogP contribution in [0, 0.1) is 0 Å². The lowest BCUT2D eigenvalue weighted by molar-refractivity contribution is 1.42. The van der Waals surface area contributed by atoms with E-state index in [1.54, 1.807) is 0 Å². The first kappa shape index (κ1) is 15.8. The summed E-state index contributed by atoms with van der Waals surface area (Å²) in [5.74, 6) is 0. The van der Waals surface area contributed by atoms with Gasteiger partial charge in [-0.05, 0) is 27.7 Å². The van der Waals surface area contributed by atoms with Crippen LogP contribution in [0.25, 0.3) is 0 Å². The minimum absolute atomic E-state index is 0. The lowest BCUT2D eigenvalue weighted by Crippen LogP contribution is -1.43. The Labute approximate surface area is 60.3 Å². The van der Waals surface area contributed by atoms with Gasteiger partial charge >= 0.3 is 0 Å². The lowest BCUT2D eigenvalue weighted by atomic mass is 10.4. The molecule has 0 fully saturated rings.